The molecule has 4 rings (SSSR count). The predicted molar refractivity (Wildman–Crippen MR) is 172 cm³/mol. The van der Waals surface area contributed by atoms with E-state index in [1.54, 1.807) is 0 Å². The molecule has 0 spiro atoms. The molecule has 0 aliphatic carbocycles. The van der Waals surface area contributed by atoms with E-state index >= 15 is 0 Å². The summed E-state index contributed by atoms with van der Waals surface area (Å²) in [6.45, 7) is 3.04. The van der Waals surface area contributed by atoms with Gasteiger partial charge in [0.15, 0.2) is 0 Å². The predicted octanol–water partition coefficient (Wildman–Crippen LogP) is 0.133. The fourth-order valence-electron chi connectivity index (χ4n) is 5.91. The van der Waals surface area contributed by atoms with E-state index in [2.05, 4.69) is 20.9 Å². The number of H-pyrrole nitrogens is 1. The van der Waals surface area contributed by atoms with E-state index in [1.165, 1.54) is 18.7 Å². The molecule has 46 heavy (non-hydrogen) atoms. The molecule has 0 radical (unpaired) electrons. The maximum atomic E-state index is 14.4. The van der Waals surface area contributed by atoms with E-state index in [0.29, 0.717) is 25.1 Å². The van der Waals surface area contributed by atoms with Gasteiger partial charge >= 0.3 is 0 Å². The summed E-state index contributed by atoms with van der Waals surface area (Å²) in [5.41, 5.74) is 14.3. The number of hydrogen-bond donors (Lipinski definition) is 7. The molecule has 1 aliphatic rings. The summed E-state index contributed by atoms with van der Waals surface area (Å²) in [7, 11) is 0. The van der Waals surface area contributed by atoms with Crippen molar-refractivity contribution in [3.05, 3.63) is 71.4 Å². The molecule has 13 heteroatoms. The summed E-state index contributed by atoms with van der Waals surface area (Å²) in [5, 5.41) is 19.1. The maximum Gasteiger partial charge on any atom is 0.246 e. The molecule has 1 aromatic heterocycles. The van der Waals surface area contributed by atoms with Crippen LogP contribution in [0.5, 0.6) is 0 Å². The Labute approximate surface area is 267 Å². The number of carbonyl (C=O) groups excluding carboxylic acids is 5. The molecule has 3 aromatic rings. The molecule has 2 aromatic carbocycles. The van der Waals surface area contributed by atoms with E-state index < -0.39 is 59.8 Å². The zero-order valence-electron chi connectivity index (χ0n) is 26.1. The summed E-state index contributed by atoms with van der Waals surface area (Å²) in [6, 6.07) is 12.3. The fraction of sp³-hybridized carbons (Fsp3) is 0.424. The Kier molecular flexibility index (Phi) is 11.5. The van der Waals surface area contributed by atoms with E-state index in [1.807, 2.05) is 54.6 Å². The van der Waals surface area contributed by atoms with Crippen molar-refractivity contribution >= 4 is 40.4 Å². The number of rotatable bonds is 14. The third-order valence-corrected chi connectivity index (χ3v) is 8.21. The second kappa shape index (κ2) is 15.5. The highest BCUT2D eigenvalue weighted by atomic mass is 16.3. The van der Waals surface area contributed by atoms with Crippen LogP contribution in [0.3, 0.4) is 0 Å². The molecule has 0 fully saturated rings. The number of amides is 5. The van der Waals surface area contributed by atoms with Crippen LogP contribution >= 0.6 is 0 Å². The largest absolute Gasteiger partial charge is 0.391 e. The quantitative estimate of drug-likeness (QED) is 0.122. The van der Waals surface area contributed by atoms with Crippen LogP contribution in [-0.4, -0.2) is 81.3 Å². The minimum atomic E-state index is -1.37. The third kappa shape index (κ3) is 8.29. The number of nitrogens with one attached hydrogen (secondary N) is 4. The van der Waals surface area contributed by atoms with Crippen LogP contribution in [0.4, 0.5) is 0 Å². The van der Waals surface area contributed by atoms with Gasteiger partial charge < -0.3 is 42.4 Å². The zero-order chi connectivity index (χ0) is 33.4. The number of nitrogens with two attached hydrogens (primary N) is 2. The first-order valence-corrected chi connectivity index (χ1v) is 15.5. The van der Waals surface area contributed by atoms with Gasteiger partial charge in [0.25, 0.3) is 0 Å². The van der Waals surface area contributed by atoms with Gasteiger partial charge in [0.05, 0.1) is 12.6 Å². The normalized spacial score (nSPS) is 17.3. The molecule has 2 heterocycles. The van der Waals surface area contributed by atoms with Crippen LogP contribution in [0.15, 0.2) is 54.6 Å². The fourth-order valence-corrected chi connectivity index (χ4v) is 5.91. The number of aliphatic hydroxyl groups is 1. The molecule has 246 valence electrons. The van der Waals surface area contributed by atoms with Crippen molar-refractivity contribution in [1.82, 2.24) is 25.8 Å². The van der Waals surface area contributed by atoms with Gasteiger partial charge in [-0.15, -0.1) is 0 Å². The van der Waals surface area contributed by atoms with Crippen LogP contribution in [0, 0.1) is 0 Å². The van der Waals surface area contributed by atoms with Gasteiger partial charge in [-0.2, -0.15) is 0 Å². The average molecular weight is 634 g/mol. The lowest BCUT2D eigenvalue weighted by molar-refractivity contribution is -0.145. The SMILES string of the molecule is CC(=O)N[C@@H](Cc1ccccc1)C(=O)N[C@@H]1Cc2c([nH]c3ccccc23)CN([C@@H](CCCCN)C(=O)N[C@H](C(N)=O)[C@@H](C)O)C1=O. The number of unbranched alkanes of at least 4 members (excludes halogenated alkanes) is 1. The first-order valence-electron chi connectivity index (χ1n) is 15.5. The summed E-state index contributed by atoms with van der Waals surface area (Å²) < 4.78 is 0. The number of benzene rings is 2. The van der Waals surface area contributed by atoms with Gasteiger partial charge in [-0.25, -0.2) is 0 Å². The van der Waals surface area contributed by atoms with Crippen LogP contribution in [0.2, 0.25) is 0 Å². The Morgan fingerprint density at radius 2 is 1.72 bits per heavy atom. The number of fused-ring (bicyclic) bond motifs is 3. The first kappa shape index (κ1) is 34.1. The standard InChI is InChI=1S/C33H43N7O6/c1-19(41)29(30(35)43)39-32(45)28(14-8-9-15-34)40-18-27-23(22-12-6-7-13-24(22)37-27)17-26(33(40)46)38-31(44)25(36-20(2)42)16-21-10-4-3-5-11-21/h3-7,10-13,19,25-26,28-29,37,41H,8-9,14-18,34H2,1-2H3,(H2,35,43)(H,36,42)(H,38,44)(H,39,45)/t19-,25+,26-,28+,29+/m1/s1. The molecule has 0 saturated carbocycles. The van der Waals surface area contributed by atoms with Gasteiger partial charge in [0, 0.05) is 36.4 Å². The van der Waals surface area contributed by atoms with Gasteiger partial charge in [0.2, 0.25) is 29.5 Å². The van der Waals surface area contributed by atoms with Gasteiger partial charge in [-0.1, -0.05) is 48.5 Å². The Morgan fingerprint density at radius 1 is 1.02 bits per heavy atom. The molecule has 9 N–H and O–H groups in total. The molecule has 0 bridgehead atoms. The third-order valence-electron chi connectivity index (χ3n) is 8.21. The van der Waals surface area contributed by atoms with E-state index in [-0.39, 0.29) is 25.8 Å². The summed E-state index contributed by atoms with van der Waals surface area (Å²) >= 11 is 0. The lowest BCUT2D eigenvalue weighted by Crippen LogP contribution is -2.60. The Bertz CT molecular complexity index is 1560. The number of aromatic nitrogens is 1. The highest BCUT2D eigenvalue weighted by molar-refractivity contribution is 5.97. The van der Waals surface area contributed by atoms with Crippen molar-refractivity contribution in [1.29, 1.82) is 0 Å². The Morgan fingerprint density at radius 3 is 2.37 bits per heavy atom. The van der Waals surface area contributed by atoms with Gasteiger partial charge in [-0.05, 0) is 49.9 Å². The number of hydrogen-bond acceptors (Lipinski definition) is 7. The number of aliphatic hydroxyl groups excluding tert-OH is 1. The lowest BCUT2D eigenvalue weighted by atomic mass is 10.0. The van der Waals surface area contributed by atoms with Crippen molar-refractivity contribution in [2.24, 2.45) is 11.5 Å². The molecular weight excluding hydrogens is 590 g/mol. The minimum Gasteiger partial charge on any atom is -0.391 e. The second-order valence-electron chi connectivity index (χ2n) is 11.7. The lowest BCUT2D eigenvalue weighted by Gasteiger charge is -2.33. The molecule has 0 saturated heterocycles. The number of para-hydroxylation sites is 1. The van der Waals surface area contributed by atoms with Gasteiger partial charge in [0.1, 0.15) is 24.2 Å². The second-order valence-corrected chi connectivity index (χ2v) is 11.7. The highest BCUT2D eigenvalue weighted by Gasteiger charge is 2.40. The monoisotopic (exact) mass is 633 g/mol. The average Bonchev–Trinajstić information content (AvgIpc) is 3.30. The molecule has 0 unspecified atom stereocenters. The van der Waals surface area contributed by atoms with E-state index in [9.17, 15) is 29.1 Å². The van der Waals surface area contributed by atoms with Crippen LogP contribution in [0.25, 0.3) is 10.9 Å². The summed E-state index contributed by atoms with van der Waals surface area (Å²) in [6.07, 6.45) is 0.344. The summed E-state index contributed by atoms with van der Waals surface area (Å²) in [5.74, 6) is -3.05. The maximum absolute atomic E-state index is 14.4. The molecule has 5 atom stereocenters. The smallest absolute Gasteiger partial charge is 0.246 e. The molecular formula is C33H43N7O6. The first-order chi connectivity index (χ1) is 22.0. The van der Waals surface area contributed by atoms with Crippen molar-refractivity contribution in [3.8, 4) is 0 Å². The highest BCUT2D eigenvalue weighted by Crippen LogP contribution is 2.30. The van der Waals surface area contributed by atoms with Crippen molar-refractivity contribution in [3.63, 3.8) is 0 Å². The number of aromatic amines is 1. The van der Waals surface area contributed by atoms with Crippen molar-refractivity contribution in [2.75, 3.05) is 6.54 Å². The van der Waals surface area contributed by atoms with E-state index in [4.69, 9.17) is 11.5 Å². The Balaban J connectivity index is 1.72. The molecule has 13 nitrogen and oxygen atoms in total. The number of primary amides is 1. The van der Waals surface area contributed by atoms with Crippen LogP contribution in [0.1, 0.15) is 49.9 Å². The van der Waals surface area contributed by atoms with Gasteiger partial charge in [-0.3, -0.25) is 24.0 Å². The molecule has 5 amide bonds. The van der Waals surface area contributed by atoms with Crippen molar-refractivity contribution in [2.45, 2.75) is 82.8 Å². The zero-order valence-corrected chi connectivity index (χ0v) is 26.1. The Hall–Kier alpha value is -4.75. The van der Waals surface area contributed by atoms with Crippen molar-refractivity contribution < 1.29 is 29.1 Å². The topological polar surface area (TPSA) is 213 Å². The van der Waals surface area contributed by atoms with Crippen LogP contribution < -0.4 is 27.4 Å². The molecule has 1 aliphatic heterocycles. The summed E-state index contributed by atoms with van der Waals surface area (Å²) in [4.78, 5) is 70.8. The minimum absolute atomic E-state index is 0.0188. The number of carbonyl (C=O) groups is 5. The number of nitrogens with zero attached hydrogens (tertiary/aromatic N) is 1. The van der Waals surface area contributed by atoms with E-state index in [0.717, 1.165) is 22.0 Å². The van der Waals surface area contributed by atoms with Crippen LogP contribution in [-0.2, 0) is 43.4 Å².